The highest BCUT2D eigenvalue weighted by atomic mass is 35.5. The quantitative estimate of drug-likeness (QED) is 0.804. The Labute approximate surface area is 114 Å². The molecule has 0 fully saturated rings. The molecule has 3 nitrogen and oxygen atoms in total. The molecule has 0 unspecified atom stereocenters. The summed E-state index contributed by atoms with van der Waals surface area (Å²) < 4.78 is 0. The zero-order chi connectivity index (χ0) is 12.9. The van der Waals surface area contributed by atoms with Crippen LogP contribution in [0.15, 0.2) is 24.3 Å². The predicted octanol–water partition coefficient (Wildman–Crippen LogP) is 2.20. The minimum Gasteiger partial charge on any atom is -0.548 e. The van der Waals surface area contributed by atoms with Crippen molar-refractivity contribution in [2.24, 2.45) is 5.92 Å². The third kappa shape index (κ3) is 1.70. The molecule has 1 N–H and O–H groups in total. The number of hydrogen-bond donors (Lipinski definition) is 1. The molecule has 0 aromatic heterocycles. The van der Waals surface area contributed by atoms with E-state index in [1.54, 1.807) is 6.07 Å². The maximum atomic E-state index is 11.2. The molecule has 3 rings (SSSR count). The Morgan fingerprint density at radius 1 is 1.39 bits per heavy atom. The van der Waals surface area contributed by atoms with E-state index in [9.17, 15) is 9.90 Å². The molecule has 2 aliphatic rings. The highest BCUT2D eigenvalue weighted by Crippen LogP contribution is 2.47. The summed E-state index contributed by atoms with van der Waals surface area (Å²) in [4.78, 5) is 11.2. The third-order valence-electron chi connectivity index (χ3n) is 3.64. The van der Waals surface area contributed by atoms with E-state index in [0.717, 1.165) is 12.0 Å². The largest absolute Gasteiger partial charge is 0.548 e. The van der Waals surface area contributed by atoms with E-state index >= 15 is 0 Å². The van der Waals surface area contributed by atoms with E-state index in [4.69, 9.17) is 23.2 Å². The minimum atomic E-state index is -1.09. The Morgan fingerprint density at radius 3 is 2.89 bits per heavy atom. The second kappa shape index (κ2) is 4.18. The highest BCUT2D eigenvalue weighted by molar-refractivity contribution is 6.36. The lowest BCUT2D eigenvalue weighted by Gasteiger charge is -2.38. The number of fused-ring (bicyclic) bond motifs is 3. The molecule has 5 heteroatoms. The first kappa shape index (κ1) is 11.9. The van der Waals surface area contributed by atoms with Crippen LogP contribution in [-0.2, 0) is 4.79 Å². The van der Waals surface area contributed by atoms with Crippen molar-refractivity contribution in [2.45, 2.75) is 18.4 Å². The van der Waals surface area contributed by atoms with E-state index in [1.165, 1.54) is 0 Å². The van der Waals surface area contributed by atoms with Crippen LogP contribution in [0.4, 0.5) is 5.69 Å². The first-order valence-electron chi connectivity index (χ1n) is 5.71. The SMILES string of the molecule is O=C([O-])[C@@H]1Nc2c(Cl)cc(Cl)cc2[C@@H]2C=CC[C@@H]12. The van der Waals surface area contributed by atoms with Gasteiger partial charge in [0.1, 0.15) is 0 Å². The first-order valence-corrected chi connectivity index (χ1v) is 6.46. The van der Waals surface area contributed by atoms with Crippen LogP contribution in [0.25, 0.3) is 0 Å². The molecular weight excluding hydrogens is 273 g/mol. The summed E-state index contributed by atoms with van der Waals surface area (Å²) in [7, 11) is 0. The van der Waals surface area contributed by atoms with Crippen LogP contribution in [0.1, 0.15) is 17.9 Å². The monoisotopic (exact) mass is 282 g/mol. The molecular formula is C13H10Cl2NO2-. The maximum absolute atomic E-state index is 11.2. The molecule has 3 atom stereocenters. The van der Waals surface area contributed by atoms with E-state index in [2.05, 4.69) is 5.32 Å². The van der Waals surface area contributed by atoms with Gasteiger partial charge in [0.15, 0.2) is 0 Å². The zero-order valence-electron chi connectivity index (χ0n) is 9.32. The smallest absolute Gasteiger partial charge is 0.0699 e. The summed E-state index contributed by atoms with van der Waals surface area (Å²) in [5, 5.41) is 15.2. The van der Waals surface area contributed by atoms with Crippen LogP contribution in [0, 0.1) is 5.92 Å². The highest BCUT2D eigenvalue weighted by Gasteiger charge is 2.38. The lowest BCUT2D eigenvalue weighted by Crippen LogP contribution is -2.48. The standard InChI is InChI=1S/C13H11Cl2NO2/c14-6-4-9-7-2-1-3-8(7)12(13(17)18)16-11(9)10(15)5-6/h1-2,4-5,7-8,12,16H,3H2,(H,17,18)/p-1/t7-,8-,12-/m1/s1. The molecule has 0 saturated heterocycles. The number of halogens is 2. The number of aliphatic carboxylic acids is 1. The molecule has 0 radical (unpaired) electrons. The molecule has 1 heterocycles. The predicted molar refractivity (Wildman–Crippen MR) is 68.9 cm³/mol. The van der Waals surface area contributed by atoms with Gasteiger partial charge < -0.3 is 15.2 Å². The Hall–Kier alpha value is -1.19. The molecule has 1 aromatic carbocycles. The summed E-state index contributed by atoms with van der Waals surface area (Å²) in [5.41, 5.74) is 1.62. The number of hydrogen-bond acceptors (Lipinski definition) is 3. The van der Waals surface area contributed by atoms with Crippen molar-refractivity contribution in [1.82, 2.24) is 0 Å². The molecule has 0 spiro atoms. The number of carbonyl (C=O) groups is 1. The van der Waals surface area contributed by atoms with Crippen LogP contribution in [-0.4, -0.2) is 12.0 Å². The maximum Gasteiger partial charge on any atom is 0.0699 e. The molecule has 1 aliphatic carbocycles. The van der Waals surface area contributed by atoms with Gasteiger partial charge in [0.05, 0.1) is 22.7 Å². The number of anilines is 1. The van der Waals surface area contributed by atoms with Gasteiger partial charge in [0.25, 0.3) is 0 Å². The molecule has 0 bridgehead atoms. The average Bonchev–Trinajstić information content (AvgIpc) is 2.76. The molecule has 1 aromatic rings. The molecule has 18 heavy (non-hydrogen) atoms. The van der Waals surface area contributed by atoms with Gasteiger partial charge in [-0.3, -0.25) is 0 Å². The van der Waals surface area contributed by atoms with Crippen molar-refractivity contribution in [3.8, 4) is 0 Å². The first-order chi connectivity index (χ1) is 8.58. The summed E-state index contributed by atoms with van der Waals surface area (Å²) in [6.45, 7) is 0. The van der Waals surface area contributed by atoms with Crippen molar-refractivity contribution in [1.29, 1.82) is 0 Å². The number of benzene rings is 1. The number of nitrogens with one attached hydrogen (secondary N) is 1. The van der Waals surface area contributed by atoms with Crippen molar-refractivity contribution >= 4 is 34.9 Å². The fourth-order valence-corrected chi connectivity index (χ4v) is 3.42. The van der Waals surface area contributed by atoms with Gasteiger partial charge in [0.2, 0.25) is 0 Å². The van der Waals surface area contributed by atoms with Gasteiger partial charge in [-0.2, -0.15) is 0 Å². The van der Waals surface area contributed by atoms with Crippen LogP contribution >= 0.6 is 23.2 Å². The van der Waals surface area contributed by atoms with Gasteiger partial charge in [-0.15, -0.1) is 0 Å². The number of allylic oxidation sites excluding steroid dienone is 2. The van der Waals surface area contributed by atoms with Gasteiger partial charge in [-0.25, -0.2) is 0 Å². The second-order valence-corrected chi connectivity index (χ2v) is 5.49. The number of carboxylic acid groups (broad SMARTS) is 1. The number of carbonyl (C=O) groups excluding carboxylic acids is 1. The zero-order valence-corrected chi connectivity index (χ0v) is 10.8. The van der Waals surface area contributed by atoms with E-state index < -0.39 is 12.0 Å². The third-order valence-corrected chi connectivity index (χ3v) is 4.16. The Balaban J connectivity index is 2.14. The lowest BCUT2D eigenvalue weighted by molar-refractivity contribution is -0.308. The fraction of sp³-hybridized carbons (Fsp3) is 0.308. The normalized spacial score (nSPS) is 28.4. The number of rotatable bonds is 1. The Kier molecular flexibility index (Phi) is 2.76. The van der Waals surface area contributed by atoms with Crippen molar-refractivity contribution < 1.29 is 9.90 Å². The Morgan fingerprint density at radius 2 is 2.17 bits per heavy atom. The number of carboxylic acids is 1. The van der Waals surface area contributed by atoms with E-state index in [0.29, 0.717) is 15.7 Å². The summed E-state index contributed by atoms with van der Waals surface area (Å²) >= 11 is 12.1. The average molecular weight is 283 g/mol. The topological polar surface area (TPSA) is 52.2 Å². The summed E-state index contributed by atoms with van der Waals surface area (Å²) in [6.07, 6.45) is 4.74. The van der Waals surface area contributed by atoms with Crippen LogP contribution in [0.2, 0.25) is 10.0 Å². The van der Waals surface area contributed by atoms with Crippen LogP contribution < -0.4 is 10.4 Å². The van der Waals surface area contributed by atoms with Gasteiger partial charge in [0, 0.05) is 10.9 Å². The molecule has 1 aliphatic heterocycles. The van der Waals surface area contributed by atoms with Gasteiger partial charge in [-0.05, 0) is 30.0 Å². The Bertz CT molecular complexity index is 556. The molecule has 0 saturated carbocycles. The molecule has 94 valence electrons. The molecule has 0 amide bonds. The van der Waals surface area contributed by atoms with Crippen LogP contribution in [0.3, 0.4) is 0 Å². The second-order valence-electron chi connectivity index (χ2n) is 4.65. The summed E-state index contributed by atoms with van der Waals surface area (Å²) in [5.74, 6) is -1.08. The minimum absolute atomic E-state index is 0.0305. The van der Waals surface area contributed by atoms with E-state index in [-0.39, 0.29) is 11.8 Å². The van der Waals surface area contributed by atoms with E-state index in [1.807, 2.05) is 18.2 Å². The lowest BCUT2D eigenvalue weighted by atomic mass is 9.79. The van der Waals surface area contributed by atoms with Gasteiger partial charge >= 0.3 is 0 Å². The van der Waals surface area contributed by atoms with Gasteiger partial charge in [-0.1, -0.05) is 35.4 Å². The van der Waals surface area contributed by atoms with Crippen molar-refractivity contribution in [3.05, 3.63) is 39.9 Å². The van der Waals surface area contributed by atoms with Crippen LogP contribution in [0.5, 0.6) is 0 Å². The summed E-state index contributed by atoms with van der Waals surface area (Å²) in [6, 6.07) is 2.74. The van der Waals surface area contributed by atoms with Crippen molar-refractivity contribution in [3.63, 3.8) is 0 Å². The van der Waals surface area contributed by atoms with Crippen molar-refractivity contribution in [2.75, 3.05) is 5.32 Å². The fourth-order valence-electron chi connectivity index (χ4n) is 2.85.